The molecule has 1 aliphatic rings. The summed E-state index contributed by atoms with van der Waals surface area (Å²) < 4.78 is 10.1. The Morgan fingerprint density at radius 3 is 2.93 bits per heavy atom. The zero-order chi connectivity index (χ0) is 19.1. The van der Waals surface area contributed by atoms with Crippen LogP contribution in [0.15, 0.2) is 69.8 Å². The molecule has 1 aromatic carbocycles. The summed E-state index contributed by atoms with van der Waals surface area (Å²) in [5.41, 5.74) is 0.757. The van der Waals surface area contributed by atoms with E-state index in [0.717, 1.165) is 23.4 Å². The van der Waals surface area contributed by atoms with Crippen LogP contribution in [-0.2, 0) is 14.3 Å². The van der Waals surface area contributed by atoms with E-state index in [1.807, 2.05) is 18.2 Å². The zero-order valence-corrected chi connectivity index (χ0v) is 15.0. The molecule has 1 fully saturated rings. The van der Waals surface area contributed by atoms with Crippen molar-refractivity contribution in [3.05, 3.63) is 65.2 Å². The van der Waals surface area contributed by atoms with Gasteiger partial charge in [0, 0.05) is 18.3 Å². The molecule has 2 aromatic rings. The van der Waals surface area contributed by atoms with Crippen LogP contribution in [0.3, 0.4) is 0 Å². The number of thioether (sulfide) groups is 1. The van der Waals surface area contributed by atoms with E-state index in [9.17, 15) is 9.59 Å². The zero-order valence-electron chi connectivity index (χ0n) is 14.2. The number of amidine groups is 1. The van der Waals surface area contributed by atoms with Gasteiger partial charge in [0.2, 0.25) is 5.88 Å². The molecule has 0 unspecified atom stereocenters. The van der Waals surface area contributed by atoms with Gasteiger partial charge in [0.25, 0.3) is 5.91 Å². The molecule has 8 nitrogen and oxygen atoms in total. The second kappa shape index (κ2) is 8.77. The highest BCUT2D eigenvalue weighted by atomic mass is 32.2. The predicted molar refractivity (Wildman–Crippen MR) is 102 cm³/mol. The maximum absolute atomic E-state index is 11.7. The first-order valence-corrected chi connectivity index (χ1v) is 8.54. The number of nitrogens with one attached hydrogen (secondary N) is 1. The predicted octanol–water partition coefficient (Wildman–Crippen LogP) is 2.48. The highest BCUT2D eigenvalue weighted by Gasteiger charge is 2.24. The summed E-state index contributed by atoms with van der Waals surface area (Å²) in [6.45, 7) is 0. The number of hydrogen-bond acceptors (Lipinski definition) is 8. The van der Waals surface area contributed by atoms with Gasteiger partial charge in [-0.1, -0.05) is 18.2 Å². The van der Waals surface area contributed by atoms with Crippen LogP contribution in [0, 0.1) is 0 Å². The van der Waals surface area contributed by atoms with Crippen LogP contribution >= 0.6 is 11.8 Å². The molecular formula is C18H14N4O4S. The van der Waals surface area contributed by atoms with Crippen molar-refractivity contribution >= 4 is 35.0 Å². The number of rotatable bonds is 5. The topological polar surface area (TPSA) is 102 Å². The van der Waals surface area contributed by atoms with E-state index in [1.165, 1.54) is 13.3 Å². The Balaban J connectivity index is 1.65. The van der Waals surface area contributed by atoms with Gasteiger partial charge >= 0.3 is 5.97 Å². The molecule has 1 aliphatic heterocycles. The Hall–Kier alpha value is -3.46. The molecule has 0 bridgehead atoms. The van der Waals surface area contributed by atoms with E-state index < -0.39 is 11.9 Å². The minimum absolute atomic E-state index is 0.196. The number of benzene rings is 1. The maximum atomic E-state index is 11.7. The highest BCUT2D eigenvalue weighted by molar-refractivity contribution is 8.18. The normalized spacial score (nSPS) is 16.7. The molecule has 0 spiro atoms. The lowest BCUT2D eigenvalue weighted by atomic mass is 10.2. The van der Waals surface area contributed by atoms with Crippen LogP contribution in [-0.4, -0.2) is 35.4 Å². The fourth-order valence-corrected chi connectivity index (χ4v) is 2.71. The number of aromatic nitrogens is 1. The molecule has 1 N–H and O–H groups in total. The van der Waals surface area contributed by atoms with Crippen molar-refractivity contribution in [1.82, 2.24) is 10.3 Å². The summed E-state index contributed by atoms with van der Waals surface area (Å²) in [6.07, 6.45) is 4.27. The van der Waals surface area contributed by atoms with Crippen LogP contribution in [0.1, 0.15) is 5.56 Å². The van der Waals surface area contributed by atoms with Crippen molar-refractivity contribution in [2.24, 2.45) is 10.2 Å². The summed E-state index contributed by atoms with van der Waals surface area (Å²) in [4.78, 5) is 27.2. The van der Waals surface area contributed by atoms with E-state index >= 15 is 0 Å². The molecule has 1 amide bonds. The molecule has 1 aromatic heterocycles. The molecule has 2 heterocycles. The third-order valence-electron chi connectivity index (χ3n) is 3.17. The second-order valence-electron chi connectivity index (χ2n) is 5.08. The number of carbonyl (C=O) groups is 2. The Bertz CT molecular complexity index is 941. The van der Waals surface area contributed by atoms with E-state index in [1.54, 1.807) is 30.5 Å². The van der Waals surface area contributed by atoms with Crippen molar-refractivity contribution in [2.45, 2.75) is 0 Å². The molecule has 136 valence electrons. The van der Waals surface area contributed by atoms with E-state index in [2.05, 4.69) is 25.2 Å². The number of esters is 1. The second-order valence-corrected chi connectivity index (χ2v) is 6.11. The fourth-order valence-electron chi connectivity index (χ4n) is 1.98. The van der Waals surface area contributed by atoms with E-state index in [0.29, 0.717) is 11.6 Å². The fraction of sp³-hybridized carbons (Fsp3) is 0.0556. The average Bonchev–Trinajstić information content (AvgIpc) is 3.02. The van der Waals surface area contributed by atoms with E-state index in [-0.39, 0.29) is 10.1 Å². The lowest BCUT2D eigenvalue weighted by molar-refractivity contribution is -0.135. The summed E-state index contributed by atoms with van der Waals surface area (Å²) in [5.74, 6) is 0.0613. The standard InChI is InChI=1S/C18H14N4O4S/c1-25-16(23)10-14-17(24)21-18(27-14)22-20-11-12-5-4-6-13(9-12)26-15-7-2-3-8-19-15/h2-11H,1H3,(H,21,22,24)/b14-10+,20-11?. The SMILES string of the molecule is COC(=O)/C=C1/S/C(=N\N=Cc2cccc(Oc3ccccn3)c2)NC1=O. The molecule has 3 rings (SSSR count). The third-order valence-corrected chi connectivity index (χ3v) is 4.07. The van der Waals surface area contributed by atoms with E-state index in [4.69, 9.17) is 4.74 Å². The summed E-state index contributed by atoms with van der Waals surface area (Å²) in [7, 11) is 1.24. The molecular weight excluding hydrogens is 368 g/mol. The van der Waals surface area contributed by atoms with Crippen molar-refractivity contribution in [2.75, 3.05) is 7.11 Å². The molecule has 0 saturated carbocycles. The van der Waals surface area contributed by atoms with Gasteiger partial charge in [-0.3, -0.25) is 10.1 Å². The highest BCUT2D eigenvalue weighted by Crippen LogP contribution is 2.23. The van der Waals surface area contributed by atoms with Crippen molar-refractivity contribution in [3.63, 3.8) is 0 Å². The number of hydrogen-bond donors (Lipinski definition) is 1. The smallest absolute Gasteiger partial charge is 0.331 e. The number of methoxy groups -OCH3 is 1. The summed E-state index contributed by atoms with van der Waals surface area (Å²) in [6, 6.07) is 12.6. The largest absolute Gasteiger partial charge is 0.466 e. The van der Waals surface area contributed by atoms with Gasteiger partial charge in [-0.25, -0.2) is 9.78 Å². The summed E-state index contributed by atoms with van der Waals surface area (Å²) >= 11 is 1.01. The number of pyridine rings is 1. The van der Waals surface area contributed by atoms with Crippen LogP contribution in [0.25, 0.3) is 0 Å². The number of nitrogens with zero attached hydrogens (tertiary/aromatic N) is 3. The van der Waals surface area contributed by atoms with Gasteiger partial charge in [0.1, 0.15) is 5.75 Å². The third kappa shape index (κ3) is 5.25. The Morgan fingerprint density at radius 1 is 1.26 bits per heavy atom. The number of ether oxygens (including phenoxy) is 2. The van der Waals surface area contributed by atoms with Crippen molar-refractivity contribution in [1.29, 1.82) is 0 Å². The number of amides is 1. The van der Waals surface area contributed by atoms with Gasteiger partial charge in [-0.05, 0) is 35.5 Å². The van der Waals surface area contributed by atoms with Gasteiger partial charge in [0.05, 0.1) is 18.2 Å². The monoisotopic (exact) mass is 382 g/mol. The van der Waals surface area contributed by atoms with Gasteiger partial charge in [-0.15, -0.1) is 5.10 Å². The van der Waals surface area contributed by atoms with Crippen LogP contribution in [0.2, 0.25) is 0 Å². The molecule has 0 atom stereocenters. The first-order chi connectivity index (χ1) is 13.1. The quantitative estimate of drug-likeness (QED) is 0.369. The van der Waals surface area contributed by atoms with Gasteiger partial charge in [-0.2, -0.15) is 5.10 Å². The summed E-state index contributed by atoms with van der Waals surface area (Å²) in [5, 5.41) is 10.7. The molecule has 0 radical (unpaired) electrons. The average molecular weight is 382 g/mol. The minimum Gasteiger partial charge on any atom is -0.466 e. The lowest BCUT2D eigenvalue weighted by Crippen LogP contribution is -2.19. The Kier molecular flexibility index (Phi) is 5.95. The maximum Gasteiger partial charge on any atom is 0.331 e. The number of carbonyl (C=O) groups excluding carboxylic acids is 2. The van der Waals surface area contributed by atoms with Crippen molar-refractivity contribution in [3.8, 4) is 11.6 Å². The first-order valence-electron chi connectivity index (χ1n) is 7.73. The van der Waals surface area contributed by atoms with Crippen LogP contribution in [0.5, 0.6) is 11.6 Å². The Morgan fingerprint density at radius 2 is 2.15 bits per heavy atom. The van der Waals surface area contributed by atoms with Gasteiger partial charge < -0.3 is 9.47 Å². The van der Waals surface area contributed by atoms with Crippen LogP contribution < -0.4 is 10.1 Å². The minimum atomic E-state index is -0.609. The first kappa shape index (κ1) is 18.3. The molecule has 0 aliphatic carbocycles. The molecule has 1 saturated heterocycles. The molecule has 27 heavy (non-hydrogen) atoms. The Labute approximate surface area is 159 Å². The lowest BCUT2D eigenvalue weighted by Gasteiger charge is -2.04. The molecule has 9 heteroatoms. The van der Waals surface area contributed by atoms with Gasteiger partial charge in [0.15, 0.2) is 5.17 Å². The van der Waals surface area contributed by atoms with Crippen molar-refractivity contribution < 1.29 is 19.1 Å². The van der Waals surface area contributed by atoms with Crippen LogP contribution in [0.4, 0.5) is 0 Å².